The number of nitrogens with one attached hydrogen (secondary N) is 1. The third-order valence-corrected chi connectivity index (χ3v) is 7.26. The SMILES string of the molecule is Nc1ccccc1NC(=O)c1ccc(OCCN(C=O)c2cc3cccc(C(N4CCCCC4)C(F)(F)F)c3o2)cc1. The Morgan fingerprint density at radius 1 is 1.05 bits per heavy atom. The Balaban J connectivity index is 1.25. The van der Waals surface area contributed by atoms with Crippen molar-refractivity contribution in [2.45, 2.75) is 31.5 Å². The second-order valence-corrected chi connectivity index (χ2v) is 10.1. The van der Waals surface area contributed by atoms with Gasteiger partial charge in [0.15, 0.2) is 0 Å². The first-order chi connectivity index (χ1) is 20.2. The maximum Gasteiger partial charge on any atom is 0.408 e. The number of para-hydroxylation sites is 3. The molecule has 1 saturated heterocycles. The van der Waals surface area contributed by atoms with Crippen LogP contribution in [0, 0.1) is 0 Å². The maximum absolute atomic E-state index is 14.3. The summed E-state index contributed by atoms with van der Waals surface area (Å²) in [6.07, 6.45) is -1.60. The average Bonchev–Trinajstić information content (AvgIpc) is 3.42. The lowest BCUT2D eigenvalue weighted by molar-refractivity contribution is -0.188. The van der Waals surface area contributed by atoms with Gasteiger partial charge in [-0.15, -0.1) is 0 Å². The van der Waals surface area contributed by atoms with Gasteiger partial charge in [0.2, 0.25) is 12.3 Å². The van der Waals surface area contributed by atoms with Crippen LogP contribution in [0.25, 0.3) is 11.0 Å². The molecule has 0 aliphatic carbocycles. The van der Waals surface area contributed by atoms with Gasteiger partial charge in [0.1, 0.15) is 24.0 Å². The van der Waals surface area contributed by atoms with Crippen LogP contribution in [0.1, 0.15) is 41.2 Å². The van der Waals surface area contributed by atoms with Gasteiger partial charge < -0.3 is 20.2 Å². The van der Waals surface area contributed by atoms with Gasteiger partial charge in [-0.3, -0.25) is 19.4 Å². The van der Waals surface area contributed by atoms with E-state index in [4.69, 9.17) is 14.9 Å². The molecule has 220 valence electrons. The Kier molecular flexibility index (Phi) is 8.67. The van der Waals surface area contributed by atoms with E-state index in [0.29, 0.717) is 60.4 Å². The molecule has 1 aromatic heterocycles. The molecule has 2 amide bonds. The Morgan fingerprint density at radius 3 is 2.48 bits per heavy atom. The van der Waals surface area contributed by atoms with Crippen LogP contribution in [-0.2, 0) is 4.79 Å². The van der Waals surface area contributed by atoms with Crippen LogP contribution in [-0.4, -0.2) is 49.6 Å². The molecule has 0 saturated carbocycles. The number of furan rings is 1. The molecule has 1 fully saturated rings. The fourth-order valence-corrected chi connectivity index (χ4v) is 5.17. The normalized spacial score (nSPS) is 14.8. The number of benzene rings is 3. The van der Waals surface area contributed by atoms with Gasteiger partial charge in [0, 0.05) is 22.6 Å². The molecule has 5 rings (SSSR count). The zero-order chi connectivity index (χ0) is 29.7. The molecule has 4 aromatic rings. The fourth-order valence-electron chi connectivity index (χ4n) is 5.17. The molecule has 0 spiro atoms. The Labute approximate surface area is 240 Å². The van der Waals surface area contributed by atoms with Gasteiger partial charge in [-0.1, -0.05) is 36.8 Å². The number of fused-ring (bicyclic) bond motifs is 1. The number of hydrogen-bond donors (Lipinski definition) is 2. The van der Waals surface area contributed by atoms with Gasteiger partial charge in [0.25, 0.3) is 5.91 Å². The highest BCUT2D eigenvalue weighted by atomic mass is 19.4. The first kappa shape index (κ1) is 29.0. The van der Waals surface area contributed by atoms with Gasteiger partial charge >= 0.3 is 6.18 Å². The summed E-state index contributed by atoms with van der Waals surface area (Å²) in [5.41, 5.74) is 7.39. The van der Waals surface area contributed by atoms with Crippen molar-refractivity contribution in [2.24, 2.45) is 0 Å². The lowest BCUT2D eigenvalue weighted by Crippen LogP contribution is -2.41. The van der Waals surface area contributed by atoms with Crippen LogP contribution in [0.2, 0.25) is 0 Å². The molecule has 11 heteroatoms. The van der Waals surface area contributed by atoms with Crippen LogP contribution >= 0.6 is 0 Å². The van der Waals surface area contributed by atoms with E-state index in [2.05, 4.69) is 5.32 Å². The minimum atomic E-state index is -4.48. The first-order valence-electron chi connectivity index (χ1n) is 13.7. The standard InChI is InChI=1S/C31H31F3N4O4/c32-31(33,34)29(37-15-4-1-5-16-37)24-8-6-7-22-19-27(42-28(22)24)38(20-39)17-18-41-23-13-11-21(12-14-23)30(40)36-26-10-3-2-9-25(26)35/h2-3,6-14,19-20,29H,1,4-5,15-18,35H2,(H,36,40). The number of carbonyl (C=O) groups is 2. The lowest BCUT2D eigenvalue weighted by Gasteiger charge is -2.35. The van der Waals surface area contributed by atoms with Crippen LogP contribution in [0.15, 0.2) is 77.2 Å². The summed E-state index contributed by atoms with van der Waals surface area (Å²) in [7, 11) is 0. The third-order valence-electron chi connectivity index (χ3n) is 7.26. The lowest BCUT2D eigenvalue weighted by atomic mass is 9.99. The van der Waals surface area contributed by atoms with Gasteiger partial charge in [-0.2, -0.15) is 13.2 Å². The number of anilines is 3. The van der Waals surface area contributed by atoms with Crippen LogP contribution in [0.5, 0.6) is 5.75 Å². The number of alkyl halides is 3. The Hall–Kier alpha value is -4.51. The molecular formula is C31H31F3N4O4. The molecule has 0 radical (unpaired) electrons. The number of halogens is 3. The summed E-state index contributed by atoms with van der Waals surface area (Å²) in [4.78, 5) is 27.2. The zero-order valence-electron chi connectivity index (χ0n) is 22.8. The van der Waals surface area contributed by atoms with E-state index in [-0.39, 0.29) is 36.1 Å². The van der Waals surface area contributed by atoms with E-state index >= 15 is 0 Å². The topological polar surface area (TPSA) is 101 Å². The highest BCUT2D eigenvalue weighted by molar-refractivity contribution is 6.05. The van der Waals surface area contributed by atoms with E-state index in [9.17, 15) is 22.8 Å². The van der Waals surface area contributed by atoms with Gasteiger partial charge in [-0.25, -0.2) is 0 Å². The molecule has 1 unspecified atom stereocenters. The van der Waals surface area contributed by atoms with Crippen LogP contribution in [0.3, 0.4) is 0 Å². The first-order valence-corrected chi connectivity index (χ1v) is 13.7. The Bertz CT molecular complexity index is 1530. The molecular weight excluding hydrogens is 549 g/mol. The van der Waals surface area contributed by atoms with Crippen molar-refractivity contribution in [3.63, 3.8) is 0 Å². The van der Waals surface area contributed by atoms with Crippen LogP contribution < -0.4 is 20.7 Å². The highest BCUT2D eigenvalue weighted by Crippen LogP contribution is 2.43. The summed E-state index contributed by atoms with van der Waals surface area (Å²) < 4.78 is 54.4. The summed E-state index contributed by atoms with van der Waals surface area (Å²) in [5, 5.41) is 3.23. The van der Waals surface area contributed by atoms with Crippen LogP contribution in [0.4, 0.5) is 30.4 Å². The predicted molar refractivity (Wildman–Crippen MR) is 155 cm³/mol. The largest absolute Gasteiger partial charge is 0.492 e. The number of carbonyl (C=O) groups excluding carboxylic acids is 2. The van der Waals surface area contributed by atoms with Gasteiger partial charge in [0.05, 0.1) is 17.9 Å². The molecule has 2 heterocycles. The number of nitrogens with zero attached hydrogens (tertiary/aromatic N) is 2. The van der Waals surface area contributed by atoms with E-state index in [1.54, 1.807) is 66.7 Å². The van der Waals surface area contributed by atoms with E-state index in [1.807, 2.05) is 0 Å². The molecule has 1 aliphatic rings. The zero-order valence-corrected chi connectivity index (χ0v) is 22.8. The monoisotopic (exact) mass is 580 g/mol. The van der Waals surface area contributed by atoms with Crippen molar-refractivity contribution in [3.8, 4) is 5.75 Å². The molecule has 0 bridgehead atoms. The second kappa shape index (κ2) is 12.6. The minimum Gasteiger partial charge on any atom is -0.492 e. The molecule has 42 heavy (non-hydrogen) atoms. The molecule has 1 aliphatic heterocycles. The molecule has 3 N–H and O–H groups in total. The van der Waals surface area contributed by atoms with Crippen molar-refractivity contribution < 1.29 is 31.9 Å². The third kappa shape index (κ3) is 6.52. The van der Waals surface area contributed by atoms with Crippen molar-refractivity contribution in [2.75, 3.05) is 42.2 Å². The number of rotatable bonds is 10. The fraction of sp³-hybridized carbons (Fsp3) is 0.290. The number of hydrogen-bond acceptors (Lipinski definition) is 6. The van der Waals surface area contributed by atoms with Crippen molar-refractivity contribution >= 4 is 40.5 Å². The number of ether oxygens (including phenoxy) is 1. The number of nitrogen functional groups attached to an aromatic ring is 1. The highest BCUT2D eigenvalue weighted by Gasteiger charge is 2.46. The number of nitrogens with two attached hydrogens (primary N) is 1. The summed E-state index contributed by atoms with van der Waals surface area (Å²) in [6.45, 7) is 0.884. The summed E-state index contributed by atoms with van der Waals surface area (Å²) in [6, 6.07) is 17.8. The smallest absolute Gasteiger partial charge is 0.408 e. The van der Waals surface area contributed by atoms with E-state index in [1.165, 1.54) is 15.9 Å². The van der Waals surface area contributed by atoms with Crippen molar-refractivity contribution in [1.82, 2.24) is 4.90 Å². The van der Waals surface area contributed by atoms with Crippen molar-refractivity contribution in [1.29, 1.82) is 0 Å². The predicted octanol–water partition coefficient (Wildman–Crippen LogP) is 6.40. The number of likely N-dealkylation sites (tertiary alicyclic amines) is 1. The summed E-state index contributed by atoms with van der Waals surface area (Å²) >= 11 is 0. The van der Waals surface area contributed by atoms with Crippen molar-refractivity contribution in [3.05, 3.63) is 83.9 Å². The molecule has 3 aromatic carbocycles. The second-order valence-electron chi connectivity index (χ2n) is 10.1. The minimum absolute atomic E-state index is 0.0364. The Morgan fingerprint density at radius 2 is 1.79 bits per heavy atom. The van der Waals surface area contributed by atoms with E-state index in [0.717, 1.165) is 6.42 Å². The average molecular weight is 581 g/mol. The van der Waals surface area contributed by atoms with E-state index < -0.39 is 12.2 Å². The van der Waals surface area contributed by atoms with Gasteiger partial charge in [-0.05, 0) is 62.3 Å². The molecule has 1 atom stereocenters. The summed E-state index contributed by atoms with van der Waals surface area (Å²) in [5.74, 6) is 0.268. The quantitative estimate of drug-likeness (QED) is 0.166. The maximum atomic E-state index is 14.3. The molecule has 8 nitrogen and oxygen atoms in total. The number of amides is 2. The number of piperidine rings is 1.